The number of likely N-dealkylation sites (tertiary alicyclic amines) is 1. The molecule has 0 saturated carbocycles. The Labute approximate surface area is 170 Å². The van der Waals surface area contributed by atoms with Gasteiger partial charge in [-0.1, -0.05) is 11.6 Å². The van der Waals surface area contributed by atoms with Crippen LogP contribution in [0.15, 0.2) is 6.20 Å². The molecule has 0 atom stereocenters. The number of carbonyl (C=O) groups excluding carboxylic acids is 2. The number of aryl methyl sites for hydroxylation is 1. The van der Waals surface area contributed by atoms with E-state index >= 15 is 0 Å². The summed E-state index contributed by atoms with van der Waals surface area (Å²) >= 11 is 6.13. The summed E-state index contributed by atoms with van der Waals surface area (Å²) in [6, 6.07) is 0.551. The molecule has 1 aromatic heterocycles. The molecular weight excluding hydrogens is 384 g/mol. The number of hydrogen-bond donors (Lipinski definition) is 0. The van der Waals surface area contributed by atoms with Crippen molar-refractivity contribution in [2.24, 2.45) is 0 Å². The molecule has 0 aliphatic carbocycles. The Morgan fingerprint density at radius 3 is 2.64 bits per heavy atom. The van der Waals surface area contributed by atoms with Crippen molar-refractivity contribution in [3.63, 3.8) is 0 Å². The number of esters is 1. The first kappa shape index (κ1) is 21.1. The average Bonchev–Trinajstić information content (AvgIpc) is 3.06. The molecule has 0 unspecified atom stereocenters. The number of piperidine rings is 1. The molecule has 2 aliphatic heterocycles. The maximum atomic E-state index is 12.6. The van der Waals surface area contributed by atoms with Crippen LogP contribution in [0.2, 0.25) is 5.15 Å². The Balaban J connectivity index is 1.46. The van der Waals surface area contributed by atoms with Crippen molar-refractivity contribution in [1.29, 1.82) is 0 Å². The number of morpholine rings is 1. The van der Waals surface area contributed by atoms with Gasteiger partial charge in [0.25, 0.3) is 0 Å². The molecular formula is C19H29ClN4O4. The van der Waals surface area contributed by atoms with Gasteiger partial charge in [0.2, 0.25) is 5.91 Å². The zero-order valence-electron chi connectivity index (χ0n) is 16.4. The molecule has 0 spiro atoms. The second-order valence-corrected chi connectivity index (χ2v) is 7.54. The van der Waals surface area contributed by atoms with Crippen LogP contribution in [0.3, 0.4) is 0 Å². The normalized spacial score (nSPS) is 19.0. The number of imidazole rings is 1. The fraction of sp³-hybridized carbons (Fsp3) is 0.737. The number of halogens is 1. The fourth-order valence-corrected chi connectivity index (χ4v) is 4.10. The lowest BCUT2D eigenvalue weighted by atomic mass is 10.0. The van der Waals surface area contributed by atoms with E-state index in [4.69, 9.17) is 21.1 Å². The Kier molecular flexibility index (Phi) is 7.70. The first-order valence-electron chi connectivity index (χ1n) is 10.0. The number of ether oxygens (including phenoxy) is 2. The average molecular weight is 413 g/mol. The van der Waals surface area contributed by atoms with E-state index in [1.807, 2.05) is 4.90 Å². The van der Waals surface area contributed by atoms with E-state index < -0.39 is 0 Å². The van der Waals surface area contributed by atoms with Crippen molar-refractivity contribution in [3.05, 3.63) is 17.2 Å². The number of rotatable bonds is 7. The van der Waals surface area contributed by atoms with Crippen LogP contribution >= 0.6 is 11.6 Å². The van der Waals surface area contributed by atoms with E-state index in [2.05, 4.69) is 9.88 Å². The van der Waals surface area contributed by atoms with Gasteiger partial charge in [-0.15, -0.1) is 0 Å². The molecule has 3 heterocycles. The van der Waals surface area contributed by atoms with E-state index in [0.717, 1.165) is 52.2 Å². The fourth-order valence-electron chi connectivity index (χ4n) is 3.89. The molecule has 2 saturated heterocycles. The quantitative estimate of drug-likeness (QED) is 0.629. The van der Waals surface area contributed by atoms with Crippen LogP contribution in [-0.2, 0) is 32.0 Å². The minimum atomic E-state index is -0.361. The molecule has 2 fully saturated rings. The Bertz CT molecular complexity index is 667. The van der Waals surface area contributed by atoms with Crippen molar-refractivity contribution in [2.45, 2.75) is 45.2 Å². The van der Waals surface area contributed by atoms with Crippen molar-refractivity contribution >= 4 is 23.5 Å². The van der Waals surface area contributed by atoms with Crippen LogP contribution in [0.1, 0.15) is 32.0 Å². The lowest BCUT2D eigenvalue weighted by Crippen LogP contribution is -2.50. The SMILES string of the molecule is CCOC(=O)Cn1c(Cl)cnc1CCC(=O)N1CCC(N2CCOCC2)CC1. The van der Waals surface area contributed by atoms with E-state index in [0.29, 0.717) is 36.5 Å². The van der Waals surface area contributed by atoms with Crippen molar-refractivity contribution in [2.75, 3.05) is 46.0 Å². The van der Waals surface area contributed by atoms with E-state index in [1.165, 1.54) is 6.20 Å². The number of hydrogen-bond acceptors (Lipinski definition) is 6. The summed E-state index contributed by atoms with van der Waals surface area (Å²) in [5.41, 5.74) is 0. The maximum Gasteiger partial charge on any atom is 0.326 e. The molecule has 9 heteroatoms. The van der Waals surface area contributed by atoms with Gasteiger partial charge in [0, 0.05) is 45.1 Å². The van der Waals surface area contributed by atoms with Crippen LogP contribution < -0.4 is 0 Å². The molecule has 156 valence electrons. The molecule has 2 aliphatic rings. The molecule has 0 aromatic carbocycles. The van der Waals surface area contributed by atoms with Crippen LogP contribution in [-0.4, -0.2) is 83.3 Å². The molecule has 28 heavy (non-hydrogen) atoms. The van der Waals surface area contributed by atoms with Gasteiger partial charge in [0.1, 0.15) is 17.5 Å². The van der Waals surface area contributed by atoms with Crippen molar-refractivity contribution in [1.82, 2.24) is 19.4 Å². The van der Waals surface area contributed by atoms with Gasteiger partial charge in [0.05, 0.1) is 26.0 Å². The van der Waals surface area contributed by atoms with Gasteiger partial charge in [0.15, 0.2) is 0 Å². The lowest BCUT2D eigenvalue weighted by molar-refractivity contribution is -0.143. The van der Waals surface area contributed by atoms with Crippen LogP contribution in [0.5, 0.6) is 0 Å². The smallest absolute Gasteiger partial charge is 0.326 e. The minimum Gasteiger partial charge on any atom is -0.465 e. The standard InChI is InChI=1S/C19H29ClN4O4/c1-2-28-19(26)14-24-16(20)13-21-17(24)3-4-18(25)23-7-5-15(6-8-23)22-9-11-27-12-10-22/h13,15H,2-12,14H2,1H3. The summed E-state index contributed by atoms with van der Waals surface area (Å²) in [5.74, 6) is 0.400. The second-order valence-electron chi connectivity index (χ2n) is 7.15. The highest BCUT2D eigenvalue weighted by atomic mass is 35.5. The molecule has 0 N–H and O–H groups in total. The lowest BCUT2D eigenvalue weighted by Gasteiger charge is -2.40. The minimum absolute atomic E-state index is 0.0150. The Hall–Kier alpha value is -1.64. The van der Waals surface area contributed by atoms with Crippen LogP contribution in [0.4, 0.5) is 0 Å². The van der Waals surface area contributed by atoms with Crippen LogP contribution in [0.25, 0.3) is 0 Å². The molecule has 1 aromatic rings. The summed E-state index contributed by atoms with van der Waals surface area (Å²) in [4.78, 5) is 33.1. The first-order valence-corrected chi connectivity index (χ1v) is 10.4. The summed E-state index contributed by atoms with van der Waals surface area (Å²) < 4.78 is 12.0. The summed E-state index contributed by atoms with van der Waals surface area (Å²) in [7, 11) is 0. The number of nitrogens with zero attached hydrogens (tertiary/aromatic N) is 4. The predicted molar refractivity (Wildman–Crippen MR) is 104 cm³/mol. The third-order valence-corrected chi connectivity index (χ3v) is 5.73. The number of carbonyl (C=O) groups is 2. The van der Waals surface area contributed by atoms with Crippen LogP contribution in [0, 0.1) is 0 Å². The van der Waals surface area contributed by atoms with E-state index in [1.54, 1.807) is 11.5 Å². The monoisotopic (exact) mass is 412 g/mol. The third-order valence-electron chi connectivity index (χ3n) is 5.42. The van der Waals surface area contributed by atoms with Crippen molar-refractivity contribution < 1.29 is 19.1 Å². The van der Waals surface area contributed by atoms with Gasteiger partial charge < -0.3 is 18.9 Å². The topological polar surface area (TPSA) is 76.9 Å². The molecule has 1 amide bonds. The predicted octanol–water partition coefficient (Wildman–Crippen LogP) is 1.36. The second kappa shape index (κ2) is 10.2. The van der Waals surface area contributed by atoms with E-state index in [-0.39, 0.29) is 18.4 Å². The van der Waals surface area contributed by atoms with Gasteiger partial charge >= 0.3 is 5.97 Å². The summed E-state index contributed by atoms with van der Waals surface area (Å²) in [6.45, 7) is 7.26. The molecule has 0 radical (unpaired) electrons. The maximum absolute atomic E-state index is 12.6. The van der Waals surface area contributed by atoms with E-state index in [9.17, 15) is 9.59 Å². The van der Waals surface area contributed by atoms with Gasteiger partial charge in [-0.3, -0.25) is 14.5 Å². The highest BCUT2D eigenvalue weighted by molar-refractivity contribution is 6.29. The zero-order chi connectivity index (χ0) is 19.9. The molecule has 3 rings (SSSR count). The van der Waals surface area contributed by atoms with Gasteiger partial charge in [-0.05, 0) is 19.8 Å². The van der Waals surface area contributed by atoms with Crippen molar-refractivity contribution in [3.8, 4) is 0 Å². The first-order chi connectivity index (χ1) is 13.6. The molecule has 8 nitrogen and oxygen atoms in total. The largest absolute Gasteiger partial charge is 0.465 e. The number of aromatic nitrogens is 2. The van der Waals surface area contributed by atoms with Gasteiger partial charge in [-0.25, -0.2) is 4.98 Å². The summed E-state index contributed by atoms with van der Waals surface area (Å²) in [6.07, 6.45) is 4.34. The van der Waals surface area contributed by atoms with Gasteiger partial charge in [-0.2, -0.15) is 0 Å². The summed E-state index contributed by atoms with van der Waals surface area (Å²) in [5, 5.41) is 0.377. The number of amides is 1. The molecule has 0 bridgehead atoms. The Morgan fingerprint density at radius 2 is 1.96 bits per heavy atom. The highest BCUT2D eigenvalue weighted by Crippen LogP contribution is 2.19. The third kappa shape index (κ3) is 5.46. The Morgan fingerprint density at radius 1 is 1.25 bits per heavy atom. The zero-order valence-corrected chi connectivity index (χ0v) is 17.2. The highest BCUT2D eigenvalue weighted by Gasteiger charge is 2.27.